The standard InChI is InChI=1S/C12H16N2O2/c1-8-6-14(7-9(8)2)11-4-3-10(5-13-11)12(15)16/h3-5,8-9H,6-7H2,1-2H3,(H,15,16). The molecule has 0 amide bonds. The minimum Gasteiger partial charge on any atom is -0.478 e. The average molecular weight is 220 g/mol. The fourth-order valence-electron chi connectivity index (χ4n) is 2.02. The zero-order valence-electron chi connectivity index (χ0n) is 9.55. The molecule has 1 saturated heterocycles. The molecule has 0 aromatic carbocycles. The van der Waals surface area contributed by atoms with E-state index in [1.54, 1.807) is 12.1 Å². The van der Waals surface area contributed by atoms with E-state index in [0.29, 0.717) is 11.8 Å². The molecule has 2 heterocycles. The summed E-state index contributed by atoms with van der Waals surface area (Å²) < 4.78 is 0. The third kappa shape index (κ3) is 2.01. The molecule has 2 atom stereocenters. The highest BCUT2D eigenvalue weighted by molar-refractivity contribution is 5.87. The Labute approximate surface area is 94.9 Å². The third-order valence-corrected chi connectivity index (χ3v) is 3.31. The van der Waals surface area contributed by atoms with Gasteiger partial charge in [-0.3, -0.25) is 0 Å². The van der Waals surface area contributed by atoms with Crippen LogP contribution < -0.4 is 4.90 Å². The molecule has 0 spiro atoms. The number of hydrogen-bond donors (Lipinski definition) is 1. The Hall–Kier alpha value is -1.58. The van der Waals surface area contributed by atoms with Crippen molar-refractivity contribution in [3.8, 4) is 0 Å². The first-order valence-corrected chi connectivity index (χ1v) is 5.52. The average Bonchev–Trinajstić information content (AvgIpc) is 2.59. The Morgan fingerprint density at radius 1 is 1.38 bits per heavy atom. The van der Waals surface area contributed by atoms with Gasteiger partial charge in [0.05, 0.1) is 5.56 Å². The molecule has 1 aliphatic heterocycles. The number of hydrogen-bond acceptors (Lipinski definition) is 3. The third-order valence-electron chi connectivity index (χ3n) is 3.31. The van der Waals surface area contributed by atoms with Gasteiger partial charge in [-0.1, -0.05) is 13.8 Å². The summed E-state index contributed by atoms with van der Waals surface area (Å²) in [6, 6.07) is 3.40. The van der Waals surface area contributed by atoms with Crippen molar-refractivity contribution in [3.63, 3.8) is 0 Å². The predicted octanol–water partition coefficient (Wildman–Crippen LogP) is 1.87. The predicted molar refractivity (Wildman–Crippen MR) is 61.7 cm³/mol. The second kappa shape index (κ2) is 4.12. The Morgan fingerprint density at radius 2 is 2.00 bits per heavy atom. The highest BCUT2D eigenvalue weighted by Gasteiger charge is 2.26. The van der Waals surface area contributed by atoms with Crippen LogP contribution in [0.5, 0.6) is 0 Å². The van der Waals surface area contributed by atoms with Crippen molar-refractivity contribution >= 4 is 11.8 Å². The van der Waals surface area contributed by atoms with Crippen LogP contribution in [0.25, 0.3) is 0 Å². The molecule has 4 heteroatoms. The molecular formula is C12H16N2O2. The minimum absolute atomic E-state index is 0.240. The van der Waals surface area contributed by atoms with Crippen molar-refractivity contribution in [2.45, 2.75) is 13.8 Å². The molecule has 2 unspecified atom stereocenters. The molecular weight excluding hydrogens is 204 g/mol. The zero-order valence-corrected chi connectivity index (χ0v) is 9.55. The maximum atomic E-state index is 10.7. The second-order valence-corrected chi connectivity index (χ2v) is 4.57. The van der Waals surface area contributed by atoms with E-state index in [1.165, 1.54) is 6.20 Å². The fourth-order valence-corrected chi connectivity index (χ4v) is 2.02. The monoisotopic (exact) mass is 220 g/mol. The molecule has 16 heavy (non-hydrogen) atoms. The van der Waals surface area contributed by atoms with Crippen molar-refractivity contribution in [3.05, 3.63) is 23.9 Å². The van der Waals surface area contributed by atoms with Gasteiger partial charge in [0.25, 0.3) is 0 Å². The molecule has 1 fully saturated rings. The maximum Gasteiger partial charge on any atom is 0.337 e. The molecule has 4 nitrogen and oxygen atoms in total. The van der Waals surface area contributed by atoms with Crippen LogP contribution in [-0.4, -0.2) is 29.1 Å². The SMILES string of the molecule is CC1CN(c2ccc(C(=O)O)cn2)CC1C. The molecule has 1 aromatic heterocycles. The van der Waals surface area contributed by atoms with Gasteiger partial charge in [-0.05, 0) is 24.0 Å². The van der Waals surface area contributed by atoms with Gasteiger partial charge in [0.2, 0.25) is 0 Å². The molecule has 0 bridgehead atoms. The Kier molecular flexibility index (Phi) is 2.81. The number of carboxylic acid groups (broad SMARTS) is 1. The summed E-state index contributed by atoms with van der Waals surface area (Å²) in [4.78, 5) is 17.1. The van der Waals surface area contributed by atoms with Crippen LogP contribution in [0.2, 0.25) is 0 Å². The van der Waals surface area contributed by atoms with E-state index in [9.17, 15) is 4.79 Å². The zero-order chi connectivity index (χ0) is 11.7. The summed E-state index contributed by atoms with van der Waals surface area (Å²) >= 11 is 0. The van der Waals surface area contributed by atoms with Crippen molar-refractivity contribution < 1.29 is 9.90 Å². The normalized spacial score (nSPS) is 24.8. The molecule has 1 N–H and O–H groups in total. The summed E-state index contributed by atoms with van der Waals surface area (Å²) in [6.07, 6.45) is 1.42. The van der Waals surface area contributed by atoms with Crippen molar-refractivity contribution in [1.29, 1.82) is 0 Å². The van der Waals surface area contributed by atoms with Crippen LogP contribution in [0.3, 0.4) is 0 Å². The van der Waals surface area contributed by atoms with E-state index in [4.69, 9.17) is 5.11 Å². The smallest absolute Gasteiger partial charge is 0.337 e. The summed E-state index contributed by atoms with van der Waals surface area (Å²) in [6.45, 7) is 6.47. The molecule has 1 aromatic rings. The van der Waals surface area contributed by atoms with Crippen molar-refractivity contribution in [2.75, 3.05) is 18.0 Å². The number of anilines is 1. The van der Waals surface area contributed by atoms with Gasteiger partial charge in [0.15, 0.2) is 0 Å². The van der Waals surface area contributed by atoms with Crippen LogP contribution in [0.15, 0.2) is 18.3 Å². The van der Waals surface area contributed by atoms with E-state index < -0.39 is 5.97 Å². The quantitative estimate of drug-likeness (QED) is 0.826. The minimum atomic E-state index is -0.929. The van der Waals surface area contributed by atoms with E-state index in [2.05, 4.69) is 23.7 Å². The number of nitrogens with zero attached hydrogens (tertiary/aromatic N) is 2. The molecule has 86 valence electrons. The summed E-state index contributed by atoms with van der Waals surface area (Å²) in [5, 5.41) is 8.77. The fraction of sp³-hybridized carbons (Fsp3) is 0.500. The van der Waals surface area contributed by atoms with Crippen LogP contribution in [-0.2, 0) is 0 Å². The number of rotatable bonds is 2. The van der Waals surface area contributed by atoms with Gasteiger partial charge >= 0.3 is 5.97 Å². The van der Waals surface area contributed by atoms with Gasteiger partial charge in [-0.2, -0.15) is 0 Å². The van der Waals surface area contributed by atoms with Gasteiger partial charge in [-0.15, -0.1) is 0 Å². The molecule has 0 aliphatic carbocycles. The number of carbonyl (C=O) groups is 1. The summed E-state index contributed by atoms with van der Waals surface area (Å²) in [7, 11) is 0. The highest BCUT2D eigenvalue weighted by atomic mass is 16.4. The molecule has 2 rings (SSSR count). The van der Waals surface area contributed by atoms with E-state index in [0.717, 1.165) is 18.9 Å². The van der Waals surface area contributed by atoms with Crippen LogP contribution in [0.4, 0.5) is 5.82 Å². The van der Waals surface area contributed by atoms with Gasteiger partial charge in [0.1, 0.15) is 5.82 Å². The first-order valence-electron chi connectivity index (χ1n) is 5.52. The Morgan fingerprint density at radius 3 is 2.44 bits per heavy atom. The van der Waals surface area contributed by atoms with Gasteiger partial charge in [0, 0.05) is 19.3 Å². The number of carboxylic acids is 1. The lowest BCUT2D eigenvalue weighted by molar-refractivity contribution is 0.0696. The van der Waals surface area contributed by atoms with E-state index in [1.807, 2.05) is 0 Å². The van der Waals surface area contributed by atoms with Crippen molar-refractivity contribution in [1.82, 2.24) is 4.98 Å². The Balaban J connectivity index is 2.14. The Bertz CT molecular complexity index is 379. The lowest BCUT2D eigenvalue weighted by atomic mass is 10.0. The van der Waals surface area contributed by atoms with Crippen LogP contribution >= 0.6 is 0 Å². The van der Waals surface area contributed by atoms with E-state index >= 15 is 0 Å². The molecule has 0 radical (unpaired) electrons. The molecule has 0 saturated carbocycles. The van der Waals surface area contributed by atoms with E-state index in [-0.39, 0.29) is 5.56 Å². The van der Waals surface area contributed by atoms with Crippen molar-refractivity contribution in [2.24, 2.45) is 11.8 Å². The van der Waals surface area contributed by atoms with Crippen LogP contribution in [0, 0.1) is 11.8 Å². The number of aromatic nitrogens is 1. The van der Waals surface area contributed by atoms with Gasteiger partial charge in [-0.25, -0.2) is 9.78 Å². The maximum absolute atomic E-state index is 10.7. The number of aromatic carboxylic acids is 1. The second-order valence-electron chi connectivity index (χ2n) is 4.57. The number of pyridine rings is 1. The highest BCUT2D eigenvalue weighted by Crippen LogP contribution is 2.26. The molecule has 1 aliphatic rings. The lowest BCUT2D eigenvalue weighted by Gasteiger charge is -2.16. The van der Waals surface area contributed by atoms with Gasteiger partial charge < -0.3 is 10.0 Å². The first-order chi connectivity index (χ1) is 7.58. The summed E-state index contributed by atoms with van der Waals surface area (Å²) in [5.74, 6) is 1.28. The lowest BCUT2D eigenvalue weighted by Crippen LogP contribution is -2.20. The van der Waals surface area contributed by atoms with Crippen LogP contribution in [0.1, 0.15) is 24.2 Å². The first kappa shape index (κ1) is 10.9. The largest absolute Gasteiger partial charge is 0.478 e. The topological polar surface area (TPSA) is 53.4 Å². The summed E-state index contributed by atoms with van der Waals surface area (Å²) in [5.41, 5.74) is 0.240.